The van der Waals surface area contributed by atoms with E-state index in [0.717, 1.165) is 31.7 Å². The van der Waals surface area contributed by atoms with E-state index < -0.39 is 5.60 Å². The minimum Gasteiger partial charge on any atom is -0.388 e. The summed E-state index contributed by atoms with van der Waals surface area (Å²) in [5, 5.41) is 14.0. The van der Waals surface area contributed by atoms with Crippen LogP contribution in [0.3, 0.4) is 0 Å². The van der Waals surface area contributed by atoms with Gasteiger partial charge in [0.2, 0.25) is 0 Å². The Morgan fingerprint density at radius 1 is 1.21 bits per heavy atom. The van der Waals surface area contributed by atoms with E-state index in [0.29, 0.717) is 12.0 Å². The Morgan fingerprint density at radius 2 is 2.00 bits per heavy atom. The molecule has 2 N–H and O–H groups in total. The molecule has 2 aliphatic rings. The second-order valence-electron chi connectivity index (χ2n) is 5.59. The van der Waals surface area contributed by atoms with Crippen molar-refractivity contribution in [2.24, 2.45) is 11.8 Å². The second kappa shape index (κ2) is 3.82. The topological polar surface area (TPSA) is 32.3 Å². The molecule has 1 aliphatic heterocycles. The second-order valence-corrected chi connectivity index (χ2v) is 5.59. The van der Waals surface area contributed by atoms with Crippen LogP contribution in [0.2, 0.25) is 0 Å². The van der Waals surface area contributed by atoms with Crippen LogP contribution in [0, 0.1) is 11.8 Å². The first-order chi connectivity index (χ1) is 6.60. The van der Waals surface area contributed by atoms with Crippen molar-refractivity contribution in [2.75, 3.05) is 6.54 Å². The molecule has 0 aromatic carbocycles. The highest BCUT2D eigenvalue weighted by atomic mass is 16.3. The predicted molar refractivity (Wildman–Crippen MR) is 58.2 cm³/mol. The normalized spacial score (nSPS) is 49.5. The zero-order valence-corrected chi connectivity index (χ0v) is 9.42. The third-order valence-electron chi connectivity index (χ3n) is 4.09. The smallest absolute Gasteiger partial charge is 0.0802 e. The van der Waals surface area contributed by atoms with Gasteiger partial charge in [0.05, 0.1) is 5.60 Å². The molecule has 0 aromatic rings. The van der Waals surface area contributed by atoms with Gasteiger partial charge in [-0.25, -0.2) is 0 Å². The van der Waals surface area contributed by atoms with Crippen LogP contribution in [-0.4, -0.2) is 23.3 Å². The lowest BCUT2D eigenvalue weighted by atomic mass is 9.82. The summed E-state index contributed by atoms with van der Waals surface area (Å²) in [5.74, 6) is 1.49. The monoisotopic (exact) mass is 197 g/mol. The fourth-order valence-electron chi connectivity index (χ4n) is 3.14. The fraction of sp³-hybridized carbons (Fsp3) is 1.00. The van der Waals surface area contributed by atoms with Gasteiger partial charge in [0.25, 0.3) is 0 Å². The molecule has 4 atom stereocenters. The Kier molecular flexibility index (Phi) is 2.85. The summed E-state index contributed by atoms with van der Waals surface area (Å²) in [7, 11) is 0. The van der Waals surface area contributed by atoms with E-state index in [1.165, 1.54) is 12.8 Å². The maximum atomic E-state index is 10.5. The van der Waals surface area contributed by atoms with E-state index in [2.05, 4.69) is 19.2 Å². The summed E-state index contributed by atoms with van der Waals surface area (Å²) in [5.41, 5.74) is -0.395. The third kappa shape index (κ3) is 1.96. The van der Waals surface area contributed by atoms with Crippen molar-refractivity contribution in [2.45, 2.75) is 57.6 Å². The Hall–Kier alpha value is -0.0800. The highest BCUT2D eigenvalue weighted by Gasteiger charge is 2.43. The maximum absolute atomic E-state index is 10.5. The molecule has 0 amide bonds. The van der Waals surface area contributed by atoms with Gasteiger partial charge in [0, 0.05) is 6.04 Å². The van der Waals surface area contributed by atoms with E-state index in [4.69, 9.17) is 0 Å². The van der Waals surface area contributed by atoms with Crippen molar-refractivity contribution >= 4 is 0 Å². The number of piperidine rings is 1. The molecule has 1 heterocycles. The average Bonchev–Trinajstić information content (AvgIpc) is 2.48. The van der Waals surface area contributed by atoms with Gasteiger partial charge in [-0.2, -0.15) is 0 Å². The summed E-state index contributed by atoms with van der Waals surface area (Å²) in [6.07, 6.45) is 5.62. The SMILES string of the molecule is CC1CCNC(C2(O)CCC(C)C2)C1. The van der Waals surface area contributed by atoms with E-state index in [1.54, 1.807) is 0 Å². The first kappa shape index (κ1) is 10.4. The van der Waals surface area contributed by atoms with E-state index in [9.17, 15) is 5.11 Å². The van der Waals surface area contributed by atoms with E-state index in [1.807, 2.05) is 0 Å². The van der Waals surface area contributed by atoms with Crippen LogP contribution in [0.5, 0.6) is 0 Å². The number of hydrogen-bond acceptors (Lipinski definition) is 2. The fourth-order valence-corrected chi connectivity index (χ4v) is 3.14. The van der Waals surface area contributed by atoms with E-state index >= 15 is 0 Å². The van der Waals surface area contributed by atoms with Crippen molar-refractivity contribution in [3.8, 4) is 0 Å². The third-order valence-corrected chi connectivity index (χ3v) is 4.09. The van der Waals surface area contributed by atoms with E-state index in [-0.39, 0.29) is 0 Å². The van der Waals surface area contributed by atoms with Crippen molar-refractivity contribution < 1.29 is 5.11 Å². The van der Waals surface area contributed by atoms with Gasteiger partial charge in [0.15, 0.2) is 0 Å². The molecule has 82 valence electrons. The molecule has 0 spiro atoms. The largest absolute Gasteiger partial charge is 0.388 e. The molecule has 14 heavy (non-hydrogen) atoms. The highest BCUT2D eigenvalue weighted by Crippen LogP contribution is 2.39. The summed E-state index contributed by atoms with van der Waals surface area (Å²) in [4.78, 5) is 0. The molecule has 1 aliphatic carbocycles. The summed E-state index contributed by atoms with van der Waals surface area (Å²) >= 11 is 0. The van der Waals surface area contributed by atoms with Gasteiger partial charge in [-0.15, -0.1) is 0 Å². The lowest BCUT2D eigenvalue weighted by Crippen LogP contribution is -2.52. The number of rotatable bonds is 1. The van der Waals surface area contributed by atoms with Crippen LogP contribution in [-0.2, 0) is 0 Å². The Bertz CT molecular complexity index is 206. The van der Waals surface area contributed by atoms with Crippen LogP contribution in [0.25, 0.3) is 0 Å². The Balaban J connectivity index is 1.99. The van der Waals surface area contributed by atoms with Gasteiger partial charge < -0.3 is 10.4 Å². The Morgan fingerprint density at radius 3 is 2.57 bits per heavy atom. The first-order valence-corrected chi connectivity index (χ1v) is 6.06. The minimum absolute atomic E-state index is 0.358. The molecular weight excluding hydrogens is 174 g/mol. The number of aliphatic hydroxyl groups is 1. The average molecular weight is 197 g/mol. The van der Waals surface area contributed by atoms with Gasteiger partial charge in [-0.05, 0) is 50.5 Å². The van der Waals surface area contributed by atoms with Gasteiger partial charge in [-0.1, -0.05) is 13.8 Å². The lowest BCUT2D eigenvalue weighted by molar-refractivity contribution is -0.0102. The maximum Gasteiger partial charge on any atom is 0.0802 e. The molecule has 2 nitrogen and oxygen atoms in total. The van der Waals surface area contributed by atoms with Crippen LogP contribution < -0.4 is 5.32 Å². The van der Waals surface area contributed by atoms with Crippen LogP contribution >= 0.6 is 0 Å². The molecule has 1 saturated heterocycles. The zero-order chi connectivity index (χ0) is 10.2. The highest BCUT2D eigenvalue weighted by molar-refractivity contribution is 4.99. The molecule has 0 radical (unpaired) electrons. The van der Waals surface area contributed by atoms with Crippen molar-refractivity contribution in [3.05, 3.63) is 0 Å². The Labute approximate surface area is 87.1 Å². The number of nitrogens with one attached hydrogen (secondary N) is 1. The van der Waals surface area contributed by atoms with Gasteiger partial charge in [0.1, 0.15) is 0 Å². The van der Waals surface area contributed by atoms with Crippen LogP contribution in [0.1, 0.15) is 46.0 Å². The molecule has 0 bridgehead atoms. The summed E-state index contributed by atoms with van der Waals surface area (Å²) in [6.45, 7) is 5.64. The quantitative estimate of drug-likeness (QED) is 0.673. The zero-order valence-electron chi connectivity index (χ0n) is 9.42. The predicted octanol–water partition coefficient (Wildman–Crippen LogP) is 1.93. The van der Waals surface area contributed by atoms with Crippen LogP contribution in [0.15, 0.2) is 0 Å². The first-order valence-electron chi connectivity index (χ1n) is 6.06. The van der Waals surface area contributed by atoms with Gasteiger partial charge in [-0.3, -0.25) is 0 Å². The minimum atomic E-state index is -0.395. The molecule has 1 saturated carbocycles. The van der Waals surface area contributed by atoms with Crippen LogP contribution in [0.4, 0.5) is 0 Å². The molecule has 0 aromatic heterocycles. The van der Waals surface area contributed by atoms with Gasteiger partial charge >= 0.3 is 0 Å². The van der Waals surface area contributed by atoms with Crippen molar-refractivity contribution in [3.63, 3.8) is 0 Å². The number of hydrogen-bond donors (Lipinski definition) is 2. The molecule has 2 rings (SSSR count). The molecular formula is C12H23NO. The molecule has 2 heteroatoms. The van der Waals surface area contributed by atoms with Crippen molar-refractivity contribution in [1.82, 2.24) is 5.32 Å². The molecule has 2 fully saturated rings. The molecule has 4 unspecified atom stereocenters. The summed E-state index contributed by atoms with van der Waals surface area (Å²) in [6, 6.07) is 0.358. The standard InChI is InChI=1S/C12H23NO/c1-9-4-6-13-11(7-9)12(14)5-3-10(2)8-12/h9-11,13-14H,3-8H2,1-2H3. The lowest BCUT2D eigenvalue weighted by Gasteiger charge is -2.38. The van der Waals surface area contributed by atoms with Crippen molar-refractivity contribution in [1.29, 1.82) is 0 Å². The summed E-state index contributed by atoms with van der Waals surface area (Å²) < 4.78 is 0.